The predicted octanol–water partition coefficient (Wildman–Crippen LogP) is 2.52. The van der Waals surface area contributed by atoms with E-state index in [1.807, 2.05) is 13.2 Å². The number of hydrogen-bond acceptors (Lipinski definition) is 3. The van der Waals surface area contributed by atoms with E-state index >= 15 is 0 Å². The van der Waals surface area contributed by atoms with Gasteiger partial charge in [0.2, 0.25) is 0 Å². The number of aromatic nitrogens is 2. The van der Waals surface area contributed by atoms with Gasteiger partial charge in [0.05, 0.1) is 5.69 Å². The van der Waals surface area contributed by atoms with Crippen molar-refractivity contribution in [1.82, 2.24) is 14.7 Å². The van der Waals surface area contributed by atoms with Gasteiger partial charge < -0.3 is 10.0 Å². The number of amides is 1. The van der Waals surface area contributed by atoms with Crippen LogP contribution in [0.5, 0.6) is 5.75 Å². The summed E-state index contributed by atoms with van der Waals surface area (Å²) in [5, 5.41) is 13.9. The lowest BCUT2D eigenvalue weighted by Crippen LogP contribution is -2.26. The first-order chi connectivity index (χ1) is 9.88. The molecule has 0 fully saturated rings. The van der Waals surface area contributed by atoms with Crippen molar-refractivity contribution >= 4 is 5.91 Å². The number of carbonyl (C=O) groups is 1. The zero-order valence-corrected chi connectivity index (χ0v) is 12.9. The van der Waals surface area contributed by atoms with Gasteiger partial charge in [-0.2, -0.15) is 5.10 Å². The Kier molecular flexibility index (Phi) is 4.31. The van der Waals surface area contributed by atoms with Crippen molar-refractivity contribution in [2.75, 3.05) is 7.05 Å². The largest absolute Gasteiger partial charge is 0.508 e. The van der Waals surface area contributed by atoms with E-state index in [4.69, 9.17) is 0 Å². The molecule has 5 heteroatoms. The summed E-state index contributed by atoms with van der Waals surface area (Å²) in [5.41, 5.74) is 2.53. The molecule has 0 unspecified atom stereocenters. The fourth-order valence-corrected chi connectivity index (χ4v) is 2.35. The summed E-state index contributed by atoms with van der Waals surface area (Å²) < 4.78 is 1.78. The molecule has 112 valence electrons. The van der Waals surface area contributed by atoms with Crippen LogP contribution in [0.25, 0.3) is 0 Å². The summed E-state index contributed by atoms with van der Waals surface area (Å²) in [5.74, 6) is 0.286. The van der Waals surface area contributed by atoms with Crippen molar-refractivity contribution < 1.29 is 9.90 Å². The summed E-state index contributed by atoms with van der Waals surface area (Å²) in [6, 6.07) is 6.39. The molecule has 2 rings (SSSR count). The maximum Gasteiger partial charge on any atom is 0.254 e. The molecule has 0 aliphatic heterocycles. The molecule has 0 atom stereocenters. The molecule has 5 nitrogen and oxygen atoms in total. The second kappa shape index (κ2) is 5.99. The van der Waals surface area contributed by atoms with Gasteiger partial charge >= 0.3 is 0 Å². The molecule has 2 aromatic rings. The highest BCUT2D eigenvalue weighted by Gasteiger charge is 2.17. The molecule has 0 spiro atoms. The minimum absolute atomic E-state index is 0.0958. The van der Waals surface area contributed by atoms with Crippen LogP contribution in [0.15, 0.2) is 30.5 Å². The molecule has 0 aliphatic carbocycles. The summed E-state index contributed by atoms with van der Waals surface area (Å²) in [4.78, 5) is 14.0. The molecule has 0 saturated carbocycles. The number of carbonyl (C=O) groups excluding carboxylic acids is 1. The van der Waals surface area contributed by atoms with Crippen molar-refractivity contribution in [3.05, 3.63) is 47.3 Å². The molecule has 1 N–H and O–H groups in total. The fraction of sp³-hybridized carbons (Fsp3) is 0.375. The summed E-state index contributed by atoms with van der Waals surface area (Å²) in [6.07, 6.45) is 1.95. The highest BCUT2D eigenvalue weighted by atomic mass is 16.3. The van der Waals surface area contributed by atoms with E-state index in [0.29, 0.717) is 18.0 Å². The Balaban J connectivity index is 2.18. The molecule has 1 aromatic carbocycles. The van der Waals surface area contributed by atoms with Crippen molar-refractivity contribution in [2.24, 2.45) is 7.05 Å². The first-order valence-corrected chi connectivity index (χ1v) is 6.95. The van der Waals surface area contributed by atoms with Gasteiger partial charge in [0, 0.05) is 38.0 Å². The molecule has 1 amide bonds. The standard InChI is InChI=1S/C16H21N3O2/c1-11(2)15-13(10-19(4)17-15)9-18(3)16(21)12-6-5-7-14(20)8-12/h5-8,10-11,20H,9H2,1-4H3. The van der Waals surface area contributed by atoms with Crippen LogP contribution in [-0.2, 0) is 13.6 Å². The molecule has 1 aromatic heterocycles. The van der Waals surface area contributed by atoms with E-state index in [1.54, 1.807) is 34.8 Å². The predicted molar refractivity (Wildman–Crippen MR) is 81.2 cm³/mol. The number of phenolic OH excluding ortho intramolecular Hbond substituents is 1. The van der Waals surface area contributed by atoms with E-state index in [1.165, 1.54) is 6.07 Å². The number of aromatic hydroxyl groups is 1. The summed E-state index contributed by atoms with van der Waals surface area (Å²) >= 11 is 0. The van der Waals surface area contributed by atoms with Crippen LogP contribution in [0.4, 0.5) is 0 Å². The van der Waals surface area contributed by atoms with Crippen molar-refractivity contribution in [3.8, 4) is 5.75 Å². The van der Waals surface area contributed by atoms with Gasteiger partial charge in [-0.3, -0.25) is 9.48 Å². The highest BCUT2D eigenvalue weighted by molar-refractivity contribution is 5.94. The van der Waals surface area contributed by atoms with Crippen LogP contribution < -0.4 is 0 Å². The first kappa shape index (κ1) is 15.1. The van der Waals surface area contributed by atoms with Crippen molar-refractivity contribution in [3.63, 3.8) is 0 Å². The van der Waals surface area contributed by atoms with Gasteiger partial charge in [-0.15, -0.1) is 0 Å². The lowest BCUT2D eigenvalue weighted by Gasteiger charge is -2.18. The quantitative estimate of drug-likeness (QED) is 0.940. The lowest BCUT2D eigenvalue weighted by atomic mass is 10.1. The van der Waals surface area contributed by atoms with Crippen LogP contribution in [0.2, 0.25) is 0 Å². The first-order valence-electron chi connectivity index (χ1n) is 6.95. The Morgan fingerprint density at radius 2 is 2.14 bits per heavy atom. The number of benzene rings is 1. The SMILES string of the molecule is CC(C)c1nn(C)cc1CN(C)C(=O)c1cccc(O)c1. The average Bonchev–Trinajstić information content (AvgIpc) is 2.79. The van der Waals surface area contributed by atoms with Crippen LogP contribution in [-0.4, -0.2) is 32.7 Å². The van der Waals surface area contributed by atoms with Crippen LogP contribution in [0.3, 0.4) is 0 Å². The third-order valence-electron chi connectivity index (χ3n) is 3.33. The average molecular weight is 287 g/mol. The number of nitrogens with zero attached hydrogens (tertiary/aromatic N) is 3. The van der Waals surface area contributed by atoms with Gasteiger partial charge in [-0.25, -0.2) is 0 Å². The van der Waals surface area contributed by atoms with Crippen molar-refractivity contribution in [2.45, 2.75) is 26.3 Å². The Hall–Kier alpha value is -2.30. The number of aryl methyl sites for hydroxylation is 1. The minimum Gasteiger partial charge on any atom is -0.508 e. The zero-order chi connectivity index (χ0) is 15.6. The molecule has 0 aliphatic rings. The Labute approximate surface area is 124 Å². The van der Waals surface area contributed by atoms with Gasteiger partial charge in [-0.05, 0) is 24.1 Å². The number of phenols is 1. The molecule has 0 saturated heterocycles. The Morgan fingerprint density at radius 1 is 1.43 bits per heavy atom. The molecular formula is C16H21N3O2. The fourth-order valence-electron chi connectivity index (χ4n) is 2.35. The van der Waals surface area contributed by atoms with Gasteiger partial charge in [-0.1, -0.05) is 19.9 Å². The van der Waals surface area contributed by atoms with Gasteiger partial charge in [0.1, 0.15) is 5.75 Å². The van der Waals surface area contributed by atoms with Gasteiger partial charge in [0.15, 0.2) is 0 Å². The maximum absolute atomic E-state index is 12.4. The number of rotatable bonds is 4. The highest BCUT2D eigenvalue weighted by Crippen LogP contribution is 2.20. The van der Waals surface area contributed by atoms with E-state index < -0.39 is 0 Å². The summed E-state index contributed by atoms with van der Waals surface area (Å²) in [7, 11) is 3.63. The molecular weight excluding hydrogens is 266 g/mol. The molecule has 0 radical (unpaired) electrons. The van der Waals surface area contributed by atoms with Gasteiger partial charge in [0.25, 0.3) is 5.91 Å². The zero-order valence-electron chi connectivity index (χ0n) is 12.9. The Morgan fingerprint density at radius 3 is 2.76 bits per heavy atom. The smallest absolute Gasteiger partial charge is 0.254 e. The van der Waals surface area contributed by atoms with Crippen LogP contribution >= 0.6 is 0 Å². The molecule has 1 heterocycles. The maximum atomic E-state index is 12.4. The Bertz CT molecular complexity index is 647. The van der Waals surface area contributed by atoms with Crippen LogP contribution in [0.1, 0.15) is 41.4 Å². The molecule has 0 bridgehead atoms. The van der Waals surface area contributed by atoms with Crippen molar-refractivity contribution in [1.29, 1.82) is 0 Å². The van der Waals surface area contributed by atoms with E-state index in [-0.39, 0.29) is 11.7 Å². The normalized spacial score (nSPS) is 10.9. The van der Waals surface area contributed by atoms with E-state index in [0.717, 1.165) is 11.3 Å². The summed E-state index contributed by atoms with van der Waals surface area (Å²) in [6.45, 7) is 4.67. The second-order valence-electron chi connectivity index (χ2n) is 5.58. The third kappa shape index (κ3) is 3.42. The van der Waals surface area contributed by atoms with Crippen LogP contribution in [0, 0.1) is 0 Å². The monoisotopic (exact) mass is 287 g/mol. The van der Waals surface area contributed by atoms with E-state index in [2.05, 4.69) is 18.9 Å². The molecule has 21 heavy (non-hydrogen) atoms. The topological polar surface area (TPSA) is 58.4 Å². The second-order valence-corrected chi connectivity index (χ2v) is 5.58. The number of hydrogen-bond donors (Lipinski definition) is 1. The minimum atomic E-state index is -0.121. The van der Waals surface area contributed by atoms with E-state index in [9.17, 15) is 9.90 Å². The third-order valence-corrected chi connectivity index (χ3v) is 3.33. The lowest BCUT2D eigenvalue weighted by molar-refractivity contribution is 0.0784.